The molecule has 0 aliphatic carbocycles. The molecule has 2 N–H and O–H groups in total. The summed E-state index contributed by atoms with van der Waals surface area (Å²) in [6, 6.07) is 7.62. The van der Waals surface area contributed by atoms with Gasteiger partial charge in [-0.3, -0.25) is 4.79 Å². The van der Waals surface area contributed by atoms with Crippen LogP contribution in [0.25, 0.3) is 0 Å². The number of hydrogen-bond acceptors (Lipinski definition) is 3. The third-order valence-corrected chi connectivity index (χ3v) is 3.93. The number of hydrogen-bond donors (Lipinski definition) is 2. The van der Waals surface area contributed by atoms with Gasteiger partial charge >= 0.3 is 0 Å². The molecule has 4 nitrogen and oxygen atoms in total. The Balaban J connectivity index is 1.63. The van der Waals surface area contributed by atoms with Crippen molar-refractivity contribution in [1.29, 1.82) is 0 Å². The lowest BCUT2D eigenvalue weighted by Crippen LogP contribution is -2.34. The van der Waals surface area contributed by atoms with E-state index in [0.717, 1.165) is 23.2 Å². The van der Waals surface area contributed by atoms with Gasteiger partial charge in [0.2, 0.25) is 5.91 Å². The summed E-state index contributed by atoms with van der Waals surface area (Å²) in [7, 11) is 0. The number of nitrogens with zero attached hydrogens (tertiary/aromatic N) is 1. The Kier molecular flexibility index (Phi) is 5.82. The van der Waals surface area contributed by atoms with Crippen molar-refractivity contribution in [3.63, 3.8) is 0 Å². The van der Waals surface area contributed by atoms with Gasteiger partial charge in [-0.05, 0) is 54.0 Å². The quantitative estimate of drug-likeness (QED) is 0.787. The summed E-state index contributed by atoms with van der Waals surface area (Å²) in [5.74, 6) is -0.00618. The van der Waals surface area contributed by atoms with Gasteiger partial charge in [-0.2, -0.15) is 0 Å². The van der Waals surface area contributed by atoms with Crippen LogP contribution in [-0.4, -0.2) is 43.5 Å². The third-order valence-electron chi connectivity index (χ3n) is 3.24. The summed E-state index contributed by atoms with van der Waals surface area (Å²) >= 11 is 3.41. The van der Waals surface area contributed by atoms with Crippen LogP contribution in [0, 0.1) is 0 Å². The summed E-state index contributed by atoms with van der Waals surface area (Å²) < 4.78 is 0.903. The summed E-state index contributed by atoms with van der Waals surface area (Å²) in [5, 5.41) is 6.06. The largest absolute Gasteiger partial charge is 0.324 e. The van der Waals surface area contributed by atoms with Crippen LogP contribution in [0.4, 0.5) is 5.69 Å². The number of likely N-dealkylation sites (tertiary alicyclic amines) is 1. The number of nitrogens with one attached hydrogen (secondary N) is 2. The highest BCUT2D eigenvalue weighted by molar-refractivity contribution is 9.10. The molecule has 1 aromatic rings. The summed E-state index contributed by atoms with van der Waals surface area (Å²) in [5.41, 5.74) is 0.814. The molecule has 1 aromatic carbocycles. The minimum Gasteiger partial charge on any atom is -0.324 e. The van der Waals surface area contributed by atoms with Gasteiger partial charge in [0, 0.05) is 17.6 Å². The van der Waals surface area contributed by atoms with Crippen molar-refractivity contribution in [2.45, 2.75) is 12.8 Å². The molecule has 0 spiro atoms. The van der Waals surface area contributed by atoms with Crippen LogP contribution in [0.3, 0.4) is 0 Å². The molecule has 5 heteroatoms. The van der Waals surface area contributed by atoms with Crippen molar-refractivity contribution in [3.05, 3.63) is 28.7 Å². The Labute approximate surface area is 122 Å². The van der Waals surface area contributed by atoms with E-state index in [1.54, 1.807) is 0 Å². The van der Waals surface area contributed by atoms with E-state index in [2.05, 4.69) is 31.5 Å². The molecule has 0 saturated carbocycles. The Hall–Kier alpha value is -0.910. The van der Waals surface area contributed by atoms with Crippen LogP contribution in [0.5, 0.6) is 0 Å². The van der Waals surface area contributed by atoms with Crippen LogP contribution >= 0.6 is 15.9 Å². The second-order valence-electron chi connectivity index (χ2n) is 4.75. The molecule has 2 rings (SSSR count). The summed E-state index contributed by atoms with van der Waals surface area (Å²) in [4.78, 5) is 14.2. The second-order valence-corrected chi connectivity index (χ2v) is 5.61. The van der Waals surface area contributed by atoms with E-state index >= 15 is 0 Å². The van der Waals surface area contributed by atoms with E-state index in [-0.39, 0.29) is 5.91 Å². The van der Waals surface area contributed by atoms with Gasteiger partial charge < -0.3 is 15.5 Å². The maximum atomic E-state index is 11.8. The second kappa shape index (κ2) is 7.62. The number of anilines is 1. The van der Waals surface area contributed by atoms with Crippen molar-refractivity contribution < 1.29 is 4.79 Å². The highest BCUT2D eigenvalue weighted by Gasteiger charge is 2.10. The fraction of sp³-hybridized carbons (Fsp3) is 0.500. The van der Waals surface area contributed by atoms with E-state index in [4.69, 9.17) is 0 Å². The molecule has 0 unspecified atom stereocenters. The lowest BCUT2D eigenvalue weighted by atomic mass is 10.3. The lowest BCUT2D eigenvalue weighted by Gasteiger charge is -2.14. The lowest BCUT2D eigenvalue weighted by molar-refractivity contribution is -0.115. The summed E-state index contributed by atoms with van der Waals surface area (Å²) in [6.45, 7) is 4.65. The fourth-order valence-corrected chi connectivity index (χ4v) is 2.59. The number of halogens is 1. The van der Waals surface area contributed by atoms with Crippen molar-refractivity contribution >= 4 is 27.5 Å². The number of para-hydroxylation sites is 1. The Morgan fingerprint density at radius 3 is 2.74 bits per heavy atom. The van der Waals surface area contributed by atoms with Crippen molar-refractivity contribution in [2.24, 2.45) is 0 Å². The first-order chi connectivity index (χ1) is 9.25. The smallest absolute Gasteiger partial charge is 0.238 e. The number of amides is 1. The Morgan fingerprint density at radius 1 is 1.26 bits per heavy atom. The van der Waals surface area contributed by atoms with Crippen molar-refractivity contribution in [2.75, 3.05) is 38.0 Å². The summed E-state index contributed by atoms with van der Waals surface area (Å²) in [6.07, 6.45) is 2.62. The van der Waals surface area contributed by atoms with E-state index in [9.17, 15) is 4.79 Å². The van der Waals surface area contributed by atoms with E-state index in [0.29, 0.717) is 6.54 Å². The number of carbonyl (C=O) groups excluding carboxylic acids is 1. The standard InChI is InChI=1S/C14H20BrN3O/c15-12-5-1-2-6-13(12)17-14(19)11-16-7-10-18-8-3-4-9-18/h1-2,5-6,16H,3-4,7-11H2,(H,17,19). The molecule has 0 radical (unpaired) electrons. The van der Waals surface area contributed by atoms with Gasteiger partial charge in [0.25, 0.3) is 0 Å². The molecule has 0 bridgehead atoms. The zero-order chi connectivity index (χ0) is 13.5. The highest BCUT2D eigenvalue weighted by Crippen LogP contribution is 2.20. The normalized spacial score (nSPS) is 15.6. The van der Waals surface area contributed by atoms with Crippen LogP contribution in [0.15, 0.2) is 28.7 Å². The number of carbonyl (C=O) groups is 1. The van der Waals surface area contributed by atoms with Gasteiger partial charge in [0.05, 0.1) is 12.2 Å². The third kappa shape index (κ3) is 4.93. The van der Waals surface area contributed by atoms with Crippen LogP contribution in [0.1, 0.15) is 12.8 Å². The molecule has 1 amide bonds. The monoisotopic (exact) mass is 325 g/mol. The first kappa shape index (κ1) is 14.5. The van der Waals surface area contributed by atoms with Crippen molar-refractivity contribution in [3.8, 4) is 0 Å². The molecule has 1 aliphatic heterocycles. The first-order valence-electron chi connectivity index (χ1n) is 6.73. The molecule has 19 heavy (non-hydrogen) atoms. The number of rotatable bonds is 6. The minimum atomic E-state index is -0.00618. The first-order valence-corrected chi connectivity index (χ1v) is 7.52. The zero-order valence-electron chi connectivity index (χ0n) is 11.0. The van der Waals surface area contributed by atoms with Gasteiger partial charge in [-0.1, -0.05) is 12.1 Å². The maximum Gasteiger partial charge on any atom is 0.238 e. The number of benzene rings is 1. The van der Waals surface area contributed by atoms with Crippen molar-refractivity contribution in [1.82, 2.24) is 10.2 Å². The van der Waals surface area contributed by atoms with E-state index in [1.807, 2.05) is 24.3 Å². The average Bonchev–Trinajstić information content (AvgIpc) is 2.91. The molecule has 0 atom stereocenters. The molecular weight excluding hydrogens is 306 g/mol. The SMILES string of the molecule is O=C(CNCCN1CCCC1)Nc1ccccc1Br. The zero-order valence-corrected chi connectivity index (χ0v) is 12.6. The predicted molar refractivity (Wildman–Crippen MR) is 81.3 cm³/mol. The predicted octanol–water partition coefficient (Wildman–Crippen LogP) is 2.07. The van der Waals surface area contributed by atoms with Gasteiger partial charge in [0.15, 0.2) is 0 Å². The maximum absolute atomic E-state index is 11.8. The van der Waals surface area contributed by atoms with Gasteiger partial charge in [-0.25, -0.2) is 0 Å². The van der Waals surface area contributed by atoms with Gasteiger partial charge in [-0.15, -0.1) is 0 Å². The molecule has 1 fully saturated rings. The van der Waals surface area contributed by atoms with E-state index in [1.165, 1.54) is 25.9 Å². The molecule has 1 saturated heterocycles. The minimum absolute atomic E-state index is 0.00618. The molecule has 0 aromatic heterocycles. The highest BCUT2D eigenvalue weighted by atomic mass is 79.9. The van der Waals surface area contributed by atoms with E-state index < -0.39 is 0 Å². The van der Waals surface area contributed by atoms with Crippen LogP contribution in [-0.2, 0) is 4.79 Å². The molecule has 1 heterocycles. The van der Waals surface area contributed by atoms with Gasteiger partial charge in [0.1, 0.15) is 0 Å². The Bertz CT molecular complexity index is 419. The molecule has 1 aliphatic rings. The molecule has 104 valence electrons. The average molecular weight is 326 g/mol. The van der Waals surface area contributed by atoms with Crippen LogP contribution in [0.2, 0.25) is 0 Å². The fourth-order valence-electron chi connectivity index (χ4n) is 2.20. The molecular formula is C14H20BrN3O. The Morgan fingerprint density at radius 2 is 2.00 bits per heavy atom. The topological polar surface area (TPSA) is 44.4 Å². The van der Waals surface area contributed by atoms with Crippen LogP contribution < -0.4 is 10.6 Å².